The largest absolute Gasteiger partial charge is 0.313 e. The standard InChI is InChI=1S/C18H26FN/c1-11-6-16(19)7-12(2)18(11)17(20-3)10-15-9-13-4-5-14(15)8-13/h6-7,13-15,17,20H,4-5,8-10H2,1-3H3. The van der Waals surface area contributed by atoms with Crippen LogP contribution in [-0.4, -0.2) is 7.05 Å². The molecule has 4 atom stereocenters. The van der Waals surface area contributed by atoms with Crippen molar-refractivity contribution in [3.63, 3.8) is 0 Å². The predicted molar refractivity (Wildman–Crippen MR) is 81.2 cm³/mol. The molecular formula is C18H26FN. The average Bonchev–Trinajstić information content (AvgIpc) is 2.98. The zero-order valence-electron chi connectivity index (χ0n) is 12.9. The lowest BCUT2D eigenvalue weighted by Crippen LogP contribution is -2.24. The van der Waals surface area contributed by atoms with Gasteiger partial charge < -0.3 is 5.32 Å². The summed E-state index contributed by atoms with van der Waals surface area (Å²) in [7, 11) is 2.04. The molecule has 0 aliphatic heterocycles. The van der Waals surface area contributed by atoms with Gasteiger partial charge in [0.05, 0.1) is 0 Å². The Labute approximate surface area is 122 Å². The van der Waals surface area contributed by atoms with Crippen molar-refractivity contribution in [2.45, 2.75) is 52.0 Å². The molecule has 2 aliphatic rings. The Kier molecular flexibility index (Phi) is 3.85. The van der Waals surface area contributed by atoms with Gasteiger partial charge in [-0.05, 0) is 93.2 Å². The lowest BCUT2D eigenvalue weighted by Gasteiger charge is -2.28. The van der Waals surface area contributed by atoms with E-state index in [0.717, 1.165) is 28.9 Å². The third-order valence-electron chi connectivity index (χ3n) is 5.68. The molecule has 0 aromatic heterocycles. The van der Waals surface area contributed by atoms with Gasteiger partial charge in [-0.3, -0.25) is 0 Å². The molecule has 1 aromatic rings. The summed E-state index contributed by atoms with van der Waals surface area (Å²) in [5.41, 5.74) is 3.49. The van der Waals surface area contributed by atoms with Crippen LogP contribution in [0.2, 0.25) is 0 Å². The fourth-order valence-corrected chi connectivity index (χ4v) is 4.82. The first kappa shape index (κ1) is 14.1. The van der Waals surface area contributed by atoms with E-state index in [0.29, 0.717) is 6.04 Å². The number of fused-ring (bicyclic) bond motifs is 2. The van der Waals surface area contributed by atoms with E-state index < -0.39 is 0 Å². The highest BCUT2D eigenvalue weighted by Gasteiger charge is 2.40. The Balaban J connectivity index is 1.80. The molecule has 110 valence electrons. The first-order valence-corrected chi connectivity index (χ1v) is 8.02. The van der Waals surface area contributed by atoms with Crippen LogP contribution in [-0.2, 0) is 0 Å². The van der Waals surface area contributed by atoms with Crippen LogP contribution in [0.5, 0.6) is 0 Å². The first-order valence-electron chi connectivity index (χ1n) is 8.02. The van der Waals surface area contributed by atoms with E-state index in [4.69, 9.17) is 0 Å². The molecule has 2 heteroatoms. The Hall–Kier alpha value is -0.890. The summed E-state index contributed by atoms with van der Waals surface area (Å²) in [6.07, 6.45) is 6.99. The molecule has 0 radical (unpaired) electrons. The second-order valence-electron chi connectivity index (χ2n) is 6.97. The quantitative estimate of drug-likeness (QED) is 0.851. The minimum atomic E-state index is -0.112. The molecule has 2 aliphatic carbocycles. The normalized spacial score (nSPS) is 29.9. The van der Waals surface area contributed by atoms with Gasteiger partial charge in [0.15, 0.2) is 0 Å². The molecule has 2 fully saturated rings. The third-order valence-corrected chi connectivity index (χ3v) is 5.68. The number of hydrogen-bond donors (Lipinski definition) is 1. The Morgan fingerprint density at radius 1 is 1.20 bits per heavy atom. The zero-order valence-corrected chi connectivity index (χ0v) is 12.9. The van der Waals surface area contributed by atoms with Crippen LogP contribution in [0.4, 0.5) is 4.39 Å². The summed E-state index contributed by atoms with van der Waals surface area (Å²) >= 11 is 0. The van der Waals surface area contributed by atoms with E-state index in [1.807, 2.05) is 20.9 Å². The van der Waals surface area contributed by atoms with Crippen molar-refractivity contribution in [1.82, 2.24) is 5.32 Å². The number of aryl methyl sites for hydroxylation is 2. The molecule has 0 heterocycles. The van der Waals surface area contributed by atoms with E-state index in [-0.39, 0.29) is 5.82 Å². The van der Waals surface area contributed by atoms with Crippen molar-refractivity contribution in [3.05, 3.63) is 34.6 Å². The summed E-state index contributed by atoms with van der Waals surface area (Å²) in [5.74, 6) is 2.71. The van der Waals surface area contributed by atoms with Gasteiger partial charge in [0.25, 0.3) is 0 Å². The smallest absolute Gasteiger partial charge is 0.123 e. The summed E-state index contributed by atoms with van der Waals surface area (Å²) < 4.78 is 13.5. The van der Waals surface area contributed by atoms with Gasteiger partial charge in [-0.15, -0.1) is 0 Å². The van der Waals surface area contributed by atoms with Gasteiger partial charge >= 0.3 is 0 Å². The Morgan fingerprint density at radius 2 is 1.90 bits per heavy atom. The molecule has 0 amide bonds. The van der Waals surface area contributed by atoms with E-state index in [1.54, 1.807) is 12.1 Å². The fourth-order valence-electron chi connectivity index (χ4n) is 4.82. The molecular weight excluding hydrogens is 249 g/mol. The molecule has 1 aromatic carbocycles. The van der Waals surface area contributed by atoms with Gasteiger partial charge in [0.1, 0.15) is 5.82 Å². The highest BCUT2D eigenvalue weighted by molar-refractivity contribution is 5.37. The third kappa shape index (κ3) is 2.50. The fraction of sp³-hybridized carbons (Fsp3) is 0.667. The van der Waals surface area contributed by atoms with E-state index in [2.05, 4.69) is 5.32 Å². The summed E-state index contributed by atoms with van der Waals surface area (Å²) in [6, 6.07) is 3.72. The summed E-state index contributed by atoms with van der Waals surface area (Å²) in [6.45, 7) is 4.08. The highest BCUT2D eigenvalue weighted by Crippen LogP contribution is 2.51. The molecule has 3 rings (SSSR count). The lowest BCUT2D eigenvalue weighted by molar-refractivity contribution is 0.283. The minimum Gasteiger partial charge on any atom is -0.313 e. The molecule has 1 nitrogen and oxygen atoms in total. The van der Waals surface area contributed by atoms with Crippen LogP contribution in [0, 0.1) is 37.4 Å². The lowest BCUT2D eigenvalue weighted by atomic mass is 9.81. The minimum absolute atomic E-state index is 0.112. The van der Waals surface area contributed by atoms with Crippen LogP contribution in [0.15, 0.2) is 12.1 Å². The molecule has 4 unspecified atom stereocenters. The van der Waals surface area contributed by atoms with Crippen LogP contribution in [0.1, 0.15) is 54.8 Å². The topological polar surface area (TPSA) is 12.0 Å². The number of hydrogen-bond acceptors (Lipinski definition) is 1. The van der Waals surface area contributed by atoms with Gasteiger partial charge in [0.2, 0.25) is 0 Å². The average molecular weight is 275 g/mol. The molecule has 2 saturated carbocycles. The van der Waals surface area contributed by atoms with Crippen molar-refractivity contribution in [2.75, 3.05) is 7.05 Å². The van der Waals surface area contributed by atoms with E-state index in [1.165, 1.54) is 37.7 Å². The van der Waals surface area contributed by atoms with Crippen LogP contribution in [0.25, 0.3) is 0 Å². The van der Waals surface area contributed by atoms with E-state index in [9.17, 15) is 4.39 Å². The van der Waals surface area contributed by atoms with Gasteiger partial charge in [0, 0.05) is 6.04 Å². The zero-order chi connectivity index (χ0) is 14.3. The van der Waals surface area contributed by atoms with Crippen LogP contribution < -0.4 is 5.32 Å². The van der Waals surface area contributed by atoms with Crippen LogP contribution in [0.3, 0.4) is 0 Å². The Morgan fingerprint density at radius 3 is 2.40 bits per heavy atom. The first-order chi connectivity index (χ1) is 9.58. The maximum atomic E-state index is 13.5. The highest BCUT2D eigenvalue weighted by atomic mass is 19.1. The second-order valence-corrected chi connectivity index (χ2v) is 6.97. The van der Waals surface area contributed by atoms with Crippen molar-refractivity contribution >= 4 is 0 Å². The SMILES string of the molecule is CNC(CC1CC2CCC1C2)c1c(C)cc(F)cc1C. The molecule has 2 bridgehead atoms. The van der Waals surface area contributed by atoms with Crippen molar-refractivity contribution < 1.29 is 4.39 Å². The summed E-state index contributed by atoms with van der Waals surface area (Å²) in [4.78, 5) is 0. The second kappa shape index (κ2) is 5.48. The van der Waals surface area contributed by atoms with Crippen LogP contribution >= 0.6 is 0 Å². The van der Waals surface area contributed by atoms with Gasteiger partial charge in [-0.1, -0.05) is 6.42 Å². The number of nitrogens with one attached hydrogen (secondary N) is 1. The number of rotatable bonds is 4. The maximum absolute atomic E-state index is 13.5. The van der Waals surface area contributed by atoms with Gasteiger partial charge in [-0.2, -0.15) is 0 Å². The van der Waals surface area contributed by atoms with Crippen molar-refractivity contribution in [1.29, 1.82) is 0 Å². The Bertz CT molecular complexity index is 473. The number of benzene rings is 1. The van der Waals surface area contributed by atoms with Crippen molar-refractivity contribution in [3.8, 4) is 0 Å². The van der Waals surface area contributed by atoms with Gasteiger partial charge in [-0.25, -0.2) is 4.39 Å². The number of halogens is 1. The monoisotopic (exact) mass is 275 g/mol. The molecule has 1 N–H and O–H groups in total. The summed E-state index contributed by atoms with van der Waals surface area (Å²) in [5, 5.41) is 3.48. The van der Waals surface area contributed by atoms with E-state index >= 15 is 0 Å². The molecule has 0 spiro atoms. The molecule has 0 saturated heterocycles. The maximum Gasteiger partial charge on any atom is 0.123 e. The van der Waals surface area contributed by atoms with Crippen molar-refractivity contribution in [2.24, 2.45) is 17.8 Å². The molecule has 20 heavy (non-hydrogen) atoms. The predicted octanol–water partition coefficient (Wildman–Crippen LogP) is 4.53.